The Bertz CT molecular complexity index is 202. The van der Waals surface area contributed by atoms with Gasteiger partial charge in [0.2, 0.25) is 0 Å². The van der Waals surface area contributed by atoms with Crippen LogP contribution in [0.5, 0.6) is 0 Å². The Hall–Kier alpha value is -0.610. The molecule has 0 atom stereocenters. The summed E-state index contributed by atoms with van der Waals surface area (Å²) >= 11 is 0. The van der Waals surface area contributed by atoms with Crippen molar-refractivity contribution in [2.24, 2.45) is 0 Å². The summed E-state index contributed by atoms with van der Waals surface area (Å²) in [6.07, 6.45) is 2.14. The third-order valence-electron chi connectivity index (χ3n) is 3.01. The molecule has 0 aromatic rings. The van der Waals surface area contributed by atoms with Gasteiger partial charge in [-0.05, 0) is 6.42 Å². The maximum atomic E-state index is 7.71. The summed E-state index contributed by atoms with van der Waals surface area (Å²) in [7, 11) is 0. The molecule has 0 aromatic heterocycles. The molecular formula is C10H19N3O. The van der Waals surface area contributed by atoms with Crippen LogP contribution in [-0.2, 0) is 4.74 Å². The molecule has 0 radical (unpaired) electrons. The molecule has 80 valence electrons. The summed E-state index contributed by atoms with van der Waals surface area (Å²) in [4.78, 5) is 4.63. The van der Waals surface area contributed by atoms with Crippen LogP contribution in [0, 0.1) is 5.41 Å². The average Bonchev–Trinajstić information content (AvgIpc) is 2.63. The van der Waals surface area contributed by atoms with Gasteiger partial charge in [-0.15, -0.1) is 0 Å². The lowest BCUT2D eigenvalue weighted by Crippen LogP contribution is -2.41. The lowest BCUT2D eigenvalue weighted by Gasteiger charge is -2.28. The average molecular weight is 197 g/mol. The molecule has 0 spiro atoms. The highest BCUT2D eigenvalue weighted by Gasteiger charge is 2.18. The SMILES string of the molecule is N=C1CCCN1CCN1CCOCC1. The van der Waals surface area contributed by atoms with E-state index in [1.807, 2.05) is 0 Å². The number of amidine groups is 1. The zero-order chi connectivity index (χ0) is 9.80. The summed E-state index contributed by atoms with van der Waals surface area (Å²) in [6, 6.07) is 0. The van der Waals surface area contributed by atoms with Gasteiger partial charge in [-0.1, -0.05) is 0 Å². The monoisotopic (exact) mass is 197 g/mol. The standard InChI is InChI=1S/C10H19N3O/c11-10-2-1-3-13(10)5-4-12-6-8-14-9-7-12/h11H,1-9H2. The Morgan fingerprint density at radius 3 is 2.57 bits per heavy atom. The fourth-order valence-corrected chi connectivity index (χ4v) is 2.06. The Balaban J connectivity index is 1.68. The molecule has 0 aliphatic carbocycles. The van der Waals surface area contributed by atoms with Crippen molar-refractivity contribution < 1.29 is 4.74 Å². The third kappa shape index (κ3) is 2.45. The van der Waals surface area contributed by atoms with Gasteiger partial charge in [0.1, 0.15) is 0 Å². The number of hydrogen-bond acceptors (Lipinski definition) is 3. The van der Waals surface area contributed by atoms with E-state index in [9.17, 15) is 0 Å². The van der Waals surface area contributed by atoms with Crippen LogP contribution >= 0.6 is 0 Å². The van der Waals surface area contributed by atoms with E-state index >= 15 is 0 Å². The normalized spacial score (nSPS) is 24.6. The first-order chi connectivity index (χ1) is 6.86. The van der Waals surface area contributed by atoms with E-state index in [-0.39, 0.29) is 0 Å². The number of rotatable bonds is 3. The molecule has 4 nitrogen and oxygen atoms in total. The van der Waals surface area contributed by atoms with E-state index in [0.717, 1.165) is 58.2 Å². The molecule has 2 rings (SSSR count). The minimum atomic E-state index is 0.832. The van der Waals surface area contributed by atoms with E-state index in [1.165, 1.54) is 6.42 Å². The molecule has 0 bridgehead atoms. The first kappa shape index (κ1) is 9.93. The maximum absolute atomic E-state index is 7.71. The zero-order valence-electron chi connectivity index (χ0n) is 8.67. The number of likely N-dealkylation sites (tertiary alicyclic amines) is 1. The molecule has 14 heavy (non-hydrogen) atoms. The van der Waals surface area contributed by atoms with E-state index in [1.54, 1.807) is 0 Å². The Kier molecular flexibility index (Phi) is 3.37. The molecule has 2 heterocycles. The molecule has 2 aliphatic heterocycles. The van der Waals surface area contributed by atoms with Gasteiger partial charge in [-0.3, -0.25) is 10.3 Å². The topological polar surface area (TPSA) is 39.6 Å². The molecule has 2 fully saturated rings. The van der Waals surface area contributed by atoms with E-state index < -0.39 is 0 Å². The number of nitrogens with zero attached hydrogens (tertiary/aromatic N) is 2. The lowest BCUT2D eigenvalue weighted by molar-refractivity contribution is 0.0361. The predicted octanol–water partition coefficient (Wildman–Crippen LogP) is 0.392. The van der Waals surface area contributed by atoms with Crippen molar-refractivity contribution in [3.8, 4) is 0 Å². The first-order valence-electron chi connectivity index (χ1n) is 5.49. The number of hydrogen-bond donors (Lipinski definition) is 1. The van der Waals surface area contributed by atoms with Crippen molar-refractivity contribution in [2.45, 2.75) is 12.8 Å². The summed E-state index contributed by atoms with van der Waals surface area (Å²) in [5.41, 5.74) is 0. The number of nitrogens with one attached hydrogen (secondary N) is 1. The first-order valence-corrected chi connectivity index (χ1v) is 5.49. The minimum Gasteiger partial charge on any atom is -0.379 e. The fraction of sp³-hybridized carbons (Fsp3) is 0.900. The van der Waals surface area contributed by atoms with Gasteiger partial charge in [0, 0.05) is 39.1 Å². The summed E-state index contributed by atoms with van der Waals surface area (Å²) < 4.78 is 5.30. The van der Waals surface area contributed by atoms with Gasteiger partial charge < -0.3 is 9.64 Å². The number of morpholine rings is 1. The second-order valence-electron chi connectivity index (χ2n) is 3.99. The predicted molar refractivity (Wildman–Crippen MR) is 55.8 cm³/mol. The summed E-state index contributed by atoms with van der Waals surface area (Å²) in [6.45, 7) is 7.06. The summed E-state index contributed by atoms with van der Waals surface area (Å²) in [5, 5.41) is 7.71. The van der Waals surface area contributed by atoms with Gasteiger partial charge in [-0.25, -0.2) is 0 Å². The highest BCUT2D eigenvalue weighted by molar-refractivity contribution is 5.80. The third-order valence-corrected chi connectivity index (χ3v) is 3.01. The second-order valence-corrected chi connectivity index (χ2v) is 3.99. The Labute approximate surface area is 85.3 Å². The van der Waals surface area contributed by atoms with Crippen LogP contribution < -0.4 is 0 Å². The van der Waals surface area contributed by atoms with Crippen molar-refractivity contribution >= 4 is 5.84 Å². The molecule has 0 amide bonds. The van der Waals surface area contributed by atoms with Crippen molar-refractivity contribution in [3.63, 3.8) is 0 Å². The molecule has 2 aliphatic rings. The van der Waals surface area contributed by atoms with Crippen molar-refractivity contribution in [2.75, 3.05) is 45.9 Å². The highest BCUT2D eigenvalue weighted by Crippen LogP contribution is 2.09. The van der Waals surface area contributed by atoms with Crippen molar-refractivity contribution in [1.82, 2.24) is 9.80 Å². The van der Waals surface area contributed by atoms with Crippen LogP contribution in [0.15, 0.2) is 0 Å². The smallest absolute Gasteiger partial charge is 0.0958 e. The largest absolute Gasteiger partial charge is 0.379 e. The summed E-state index contributed by atoms with van der Waals surface area (Å²) in [5.74, 6) is 0.832. The Morgan fingerprint density at radius 2 is 1.93 bits per heavy atom. The van der Waals surface area contributed by atoms with E-state index in [4.69, 9.17) is 10.1 Å². The Morgan fingerprint density at radius 1 is 1.14 bits per heavy atom. The van der Waals surface area contributed by atoms with E-state index in [2.05, 4.69) is 9.80 Å². The second kappa shape index (κ2) is 4.75. The van der Waals surface area contributed by atoms with Gasteiger partial charge in [0.25, 0.3) is 0 Å². The van der Waals surface area contributed by atoms with Gasteiger partial charge in [-0.2, -0.15) is 0 Å². The van der Waals surface area contributed by atoms with E-state index in [0.29, 0.717) is 0 Å². The molecule has 4 heteroatoms. The quantitative estimate of drug-likeness (QED) is 0.711. The van der Waals surface area contributed by atoms with Crippen LogP contribution in [-0.4, -0.2) is 61.6 Å². The lowest BCUT2D eigenvalue weighted by atomic mass is 10.4. The van der Waals surface area contributed by atoms with Gasteiger partial charge in [0.15, 0.2) is 0 Å². The van der Waals surface area contributed by atoms with Crippen LogP contribution in [0.3, 0.4) is 0 Å². The molecular weight excluding hydrogens is 178 g/mol. The molecule has 0 unspecified atom stereocenters. The highest BCUT2D eigenvalue weighted by atomic mass is 16.5. The fourth-order valence-electron chi connectivity index (χ4n) is 2.06. The molecule has 0 saturated carbocycles. The van der Waals surface area contributed by atoms with Crippen molar-refractivity contribution in [3.05, 3.63) is 0 Å². The van der Waals surface area contributed by atoms with Crippen molar-refractivity contribution in [1.29, 1.82) is 5.41 Å². The van der Waals surface area contributed by atoms with Crippen LogP contribution in [0.25, 0.3) is 0 Å². The van der Waals surface area contributed by atoms with Gasteiger partial charge in [0.05, 0.1) is 19.0 Å². The van der Waals surface area contributed by atoms with Crippen LogP contribution in [0.2, 0.25) is 0 Å². The minimum absolute atomic E-state index is 0.832. The molecule has 1 N–H and O–H groups in total. The maximum Gasteiger partial charge on any atom is 0.0958 e. The van der Waals surface area contributed by atoms with Gasteiger partial charge >= 0.3 is 0 Å². The molecule has 0 aromatic carbocycles. The number of ether oxygens (including phenoxy) is 1. The molecule has 2 saturated heterocycles. The van der Waals surface area contributed by atoms with Crippen LogP contribution in [0.4, 0.5) is 0 Å². The zero-order valence-corrected chi connectivity index (χ0v) is 8.67. The van der Waals surface area contributed by atoms with Crippen LogP contribution in [0.1, 0.15) is 12.8 Å².